The fourth-order valence-electron chi connectivity index (χ4n) is 5.68. The lowest BCUT2D eigenvalue weighted by Gasteiger charge is -2.14. The van der Waals surface area contributed by atoms with Crippen molar-refractivity contribution in [2.75, 3.05) is 22.9 Å². The SMILES string of the molecule is Nc1ccc(Oc2ccc(Oc3ccc(N)cc3)c(-c3ccccc3)c2)cc1.Nc1ccc(Oc2ccc(Oc3ccc(N)cc3)c(-c3ccccc3)c2)cc1. The van der Waals surface area contributed by atoms with Crippen molar-refractivity contribution >= 4 is 22.7 Å². The largest absolute Gasteiger partial charge is 0.457 e. The van der Waals surface area contributed by atoms with Gasteiger partial charge in [-0.3, -0.25) is 0 Å². The maximum absolute atomic E-state index is 6.11. The molecule has 8 heteroatoms. The average Bonchev–Trinajstić information content (AvgIpc) is 3.23. The number of nitrogens with two attached hydrogens (primary N) is 4. The van der Waals surface area contributed by atoms with Crippen molar-refractivity contribution in [3.05, 3.63) is 194 Å². The highest BCUT2D eigenvalue weighted by atomic mass is 16.5. The maximum atomic E-state index is 6.11. The number of benzene rings is 8. The second-order valence-electron chi connectivity index (χ2n) is 12.7. The number of hydrogen-bond donors (Lipinski definition) is 4. The van der Waals surface area contributed by atoms with Gasteiger partial charge in [-0.15, -0.1) is 0 Å². The Morgan fingerprint density at radius 1 is 0.250 bits per heavy atom. The minimum absolute atomic E-state index is 0.697. The topological polar surface area (TPSA) is 141 Å². The Labute approximate surface area is 326 Å². The van der Waals surface area contributed by atoms with Crippen molar-refractivity contribution in [1.82, 2.24) is 0 Å². The van der Waals surface area contributed by atoms with Crippen LogP contribution in [0.3, 0.4) is 0 Å². The van der Waals surface area contributed by atoms with Crippen molar-refractivity contribution in [3.8, 4) is 68.2 Å². The minimum atomic E-state index is 0.697. The fraction of sp³-hybridized carbons (Fsp3) is 0. The van der Waals surface area contributed by atoms with E-state index in [0.29, 0.717) is 34.2 Å². The number of ether oxygens (including phenoxy) is 4. The molecular weight excluding hydrogens is 697 g/mol. The van der Waals surface area contributed by atoms with Gasteiger partial charge in [0.05, 0.1) is 0 Å². The molecule has 0 saturated carbocycles. The highest BCUT2D eigenvalue weighted by Crippen LogP contribution is 2.39. The Balaban J connectivity index is 0.000000172. The van der Waals surface area contributed by atoms with E-state index in [4.69, 9.17) is 41.9 Å². The number of hydrogen-bond acceptors (Lipinski definition) is 8. The third-order valence-electron chi connectivity index (χ3n) is 8.52. The molecule has 276 valence electrons. The van der Waals surface area contributed by atoms with Gasteiger partial charge in [0.2, 0.25) is 0 Å². The highest BCUT2D eigenvalue weighted by molar-refractivity contribution is 5.74. The first-order chi connectivity index (χ1) is 27.3. The van der Waals surface area contributed by atoms with E-state index < -0.39 is 0 Å². The molecule has 0 fully saturated rings. The van der Waals surface area contributed by atoms with E-state index in [2.05, 4.69) is 0 Å². The maximum Gasteiger partial charge on any atom is 0.135 e. The van der Waals surface area contributed by atoms with Crippen molar-refractivity contribution in [2.45, 2.75) is 0 Å². The zero-order chi connectivity index (χ0) is 38.7. The quantitative estimate of drug-likeness (QED) is 0.102. The first kappa shape index (κ1) is 36.5. The van der Waals surface area contributed by atoms with Crippen LogP contribution in [0.2, 0.25) is 0 Å². The van der Waals surface area contributed by atoms with Crippen molar-refractivity contribution < 1.29 is 18.9 Å². The van der Waals surface area contributed by atoms with Gasteiger partial charge < -0.3 is 41.9 Å². The lowest BCUT2D eigenvalue weighted by Crippen LogP contribution is -1.92. The summed E-state index contributed by atoms with van der Waals surface area (Å²) < 4.78 is 24.2. The molecule has 0 aliphatic rings. The molecule has 0 spiro atoms. The second-order valence-corrected chi connectivity index (χ2v) is 12.7. The fourth-order valence-corrected chi connectivity index (χ4v) is 5.68. The van der Waals surface area contributed by atoms with Gasteiger partial charge in [0, 0.05) is 33.9 Å². The summed E-state index contributed by atoms with van der Waals surface area (Å²) in [6.07, 6.45) is 0. The smallest absolute Gasteiger partial charge is 0.135 e. The van der Waals surface area contributed by atoms with E-state index in [1.807, 2.05) is 194 Å². The van der Waals surface area contributed by atoms with Crippen LogP contribution >= 0.6 is 0 Å². The Hall–Kier alpha value is -7.84. The zero-order valence-electron chi connectivity index (χ0n) is 30.4. The van der Waals surface area contributed by atoms with E-state index in [1.54, 1.807) is 0 Å². The molecule has 0 atom stereocenters. The molecule has 0 radical (unpaired) electrons. The standard InChI is InChI=1S/2C24H20N2O2/c2*25-18-6-10-20(11-7-18)27-22-14-15-24(28-21-12-8-19(26)9-13-21)23(16-22)17-4-2-1-3-5-17/h2*1-16H,25-26H2. The van der Waals surface area contributed by atoms with Gasteiger partial charge in [-0.25, -0.2) is 0 Å². The van der Waals surface area contributed by atoms with Gasteiger partial charge >= 0.3 is 0 Å². The number of rotatable bonds is 10. The molecule has 0 amide bonds. The summed E-state index contributed by atoms with van der Waals surface area (Å²) in [6.45, 7) is 0. The molecule has 0 saturated heterocycles. The van der Waals surface area contributed by atoms with Gasteiger partial charge in [0.25, 0.3) is 0 Å². The average molecular weight is 737 g/mol. The Kier molecular flexibility index (Phi) is 11.3. The van der Waals surface area contributed by atoms with Crippen LogP contribution in [0, 0.1) is 0 Å². The molecule has 0 unspecified atom stereocenters. The van der Waals surface area contributed by atoms with E-state index in [9.17, 15) is 0 Å². The van der Waals surface area contributed by atoms with Crippen LogP contribution < -0.4 is 41.9 Å². The molecule has 0 aromatic heterocycles. The molecule has 8 nitrogen and oxygen atoms in total. The van der Waals surface area contributed by atoms with Crippen LogP contribution in [0.4, 0.5) is 22.7 Å². The summed E-state index contributed by atoms with van der Waals surface area (Å²) in [5, 5.41) is 0. The van der Waals surface area contributed by atoms with Gasteiger partial charge in [-0.2, -0.15) is 0 Å². The van der Waals surface area contributed by atoms with E-state index >= 15 is 0 Å². The van der Waals surface area contributed by atoms with Gasteiger partial charge in [0.1, 0.15) is 46.0 Å². The first-order valence-corrected chi connectivity index (χ1v) is 17.9. The van der Waals surface area contributed by atoms with E-state index in [1.165, 1.54) is 0 Å². The summed E-state index contributed by atoms with van der Waals surface area (Å²) in [6, 6.07) is 60.9. The zero-order valence-corrected chi connectivity index (χ0v) is 30.4. The Morgan fingerprint density at radius 2 is 0.518 bits per heavy atom. The Morgan fingerprint density at radius 3 is 0.821 bits per heavy atom. The molecule has 0 bridgehead atoms. The summed E-state index contributed by atoms with van der Waals surface area (Å²) in [7, 11) is 0. The summed E-state index contributed by atoms with van der Waals surface area (Å²) in [4.78, 5) is 0. The minimum Gasteiger partial charge on any atom is -0.457 e. The summed E-state index contributed by atoms with van der Waals surface area (Å²) in [5.41, 5.74) is 29.8. The van der Waals surface area contributed by atoms with Crippen LogP contribution in [0.25, 0.3) is 22.3 Å². The second kappa shape index (κ2) is 17.3. The van der Waals surface area contributed by atoms with Crippen molar-refractivity contribution in [2.24, 2.45) is 0 Å². The van der Waals surface area contributed by atoms with Crippen LogP contribution in [-0.4, -0.2) is 0 Å². The lowest BCUT2D eigenvalue weighted by molar-refractivity contribution is 0.471. The number of anilines is 4. The first-order valence-electron chi connectivity index (χ1n) is 17.9. The van der Waals surface area contributed by atoms with E-state index in [-0.39, 0.29) is 0 Å². The van der Waals surface area contributed by atoms with Crippen LogP contribution in [-0.2, 0) is 0 Å². The van der Waals surface area contributed by atoms with Crippen molar-refractivity contribution in [1.29, 1.82) is 0 Å². The molecule has 8 N–H and O–H groups in total. The van der Waals surface area contributed by atoms with Crippen LogP contribution in [0.15, 0.2) is 194 Å². The van der Waals surface area contributed by atoms with Gasteiger partial charge in [-0.05, 0) is 145 Å². The number of nitrogen functional groups attached to an aromatic ring is 4. The normalized spacial score (nSPS) is 10.4. The third kappa shape index (κ3) is 9.77. The van der Waals surface area contributed by atoms with Gasteiger partial charge in [0.15, 0.2) is 0 Å². The lowest BCUT2D eigenvalue weighted by atomic mass is 10.0. The molecule has 0 heterocycles. The monoisotopic (exact) mass is 736 g/mol. The predicted molar refractivity (Wildman–Crippen MR) is 227 cm³/mol. The third-order valence-corrected chi connectivity index (χ3v) is 8.52. The molecule has 56 heavy (non-hydrogen) atoms. The molecular formula is C48H40N4O4. The van der Waals surface area contributed by atoms with Crippen molar-refractivity contribution in [3.63, 3.8) is 0 Å². The highest BCUT2D eigenvalue weighted by Gasteiger charge is 2.12. The van der Waals surface area contributed by atoms with Crippen LogP contribution in [0.1, 0.15) is 0 Å². The predicted octanol–water partition coefficient (Wildman–Crippen LogP) is 12.2. The van der Waals surface area contributed by atoms with E-state index in [0.717, 1.165) is 56.8 Å². The molecule has 0 aliphatic heterocycles. The van der Waals surface area contributed by atoms with Gasteiger partial charge in [-0.1, -0.05) is 60.7 Å². The summed E-state index contributed by atoms with van der Waals surface area (Å²) in [5.74, 6) is 5.79. The van der Waals surface area contributed by atoms with Crippen LogP contribution in [0.5, 0.6) is 46.0 Å². The molecule has 8 aromatic rings. The Bertz CT molecular complexity index is 2300. The molecule has 8 aromatic carbocycles. The molecule has 8 rings (SSSR count). The summed E-state index contributed by atoms with van der Waals surface area (Å²) >= 11 is 0. The molecule has 0 aliphatic carbocycles.